The van der Waals surface area contributed by atoms with Crippen molar-refractivity contribution < 1.29 is 50.0 Å². The first kappa shape index (κ1) is 65.3. The highest BCUT2D eigenvalue weighted by molar-refractivity contribution is 5.80. The smallest absolute Gasteiger partial charge is 0.249 e. The summed E-state index contributed by atoms with van der Waals surface area (Å²) in [6, 6.07) is -1.19. The second kappa shape index (κ2) is 47.3. The van der Waals surface area contributed by atoms with Crippen molar-refractivity contribution in [3.63, 3.8) is 0 Å². The summed E-state index contributed by atoms with van der Waals surface area (Å²) in [6.07, 6.45) is 46.8. The molecule has 8 N–H and O–H groups in total. The molecule has 0 aromatic heterocycles. The van der Waals surface area contributed by atoms with E-state index >= 15 is 0 Å². The van der Waals surface area contributed by atoms with Crippen LogP contribution in [0.4, 0.5) is 0 Å². The molecule has 1 aliphatic rings. The molecular weight excluding hydrogens is 871 g/mol. The summed E-state index contributed by atoms with van der Waals surface area (Å²) in [5.74, 6) is -0.722. The molecule has 0 spiro atoms. The van der Waals surface area contributed by atoms with E-state index < -0.39 is 74.2 Å². The maximum atomic E-state index is 13.1. The lowest BCUT2D eigenvalue weighted by Crippen LogP contribution is -2.60. The maximum Gasteiger partial charge on any atom is 0.249 e. The third-order valence-corrected chi connectivity index (χ3v) is 13.9. The zero-order valence-electron chi connectivity index (χ0n) is 44.3. The number of nitrogens with one attached hydrogen (secondary N) is 1. The summed E-state index contributed by atoms with van der Waals surface area (Å²) in [6.45, 7) is 3.38. The number of allylic oxidation sites excluding steroid dienone is 6. The van der Waals surface area contributed by atoms with E-state index in [9.17, 15) is 40.5 Å². The van der Waals surface area contributed by atoms with Gasteiger partial charge in [0.15, 0.2) is 6.29 Å². The summed E-state index contributed by atoms with van der Waals surface area (Å²) in [5, 5.41) is 75.8. The van der Waals surface area contributed by atoms with Crippen molar-refractivity contribution in [2.45, 2.75) is 313 Å². The first-order chi connectivity index (χ1) is 33.7. The number of aliphatic hydroxyl groups is 7. The third-order valence-electron chi connectivity index (χ3n) is 13.9. The van der Waals surface area contributed by atoms with Gasteiger partial charge in [-0.15, -0.1) is 0 Å². The monoisotopic (exact) mass is 980 g/mol. The molecule has 0 aromatic carbocycles. The summed E-state index contributed by atoms with van der Waals surface area (Å²) in [5.41, 5.74) is 0. The molecule has 0 radical (unpaired) electrons. The van der Waals surface area contributed by atoms with Gasteiger partial charge in [-0.2, -0.15) is 0 Å². The number of amides is 1. The van der Waals surface area contributed by atoms with Crippen LogP contribution >= 0.6 is 0 Å². The highest BCUT2D eigenvalue weighted by Crippen LogP contribution is 2.23. The van der Waals surface area contributed by atoms with Gasteiger partial charge in [-0.25, -0.2) is 0 Å². The van der Waals surface area contributed by atoms with E-state index in [4.69, 9.17) is 9.47 Å². The van der Waals surface area contributed by atoms with Crippen LogP contribution in [0.1, 0.15) is 258 Å². The fourth-order valence-electron chi connectivity index (χ4n) is 9.15. The summed E-state index contributed by atoms with van der Waals surface area (Å²) >= 11 is 0. The number of aliphatic hydroxyl groups excluding tert-OH is 7. The normalized spacial score (nSPS) is 20.6. The number of rotatable bonds is 49. The van der Waals surface area contributed by atoms with Gasteiger partial charge in [0.2, 0.25) is 5.91 Å². The van der Waals surface area contributed by atoms with Crippen LogP contribution in [0.15, 0.2) is 36.5 Å². The Balaban J connectivity index is 2.22. The zero-order chi connectivity index (χ0) is 50.4. The van der Waals surface area contributed by atoms with Gasteiger partial charge in [0.1, 0.15) is 36.6 Å². The fraction of sp³-hybridized carbons (Fsp3) is 0.879. The van der Waals surface area contributed by atoms with E-state index in [-0.39, 0.29) is 12.8 Å². The highest BCUT2D eigenvalue weighted by Gasteiger charge is 2.44. The molecule has 69 heavy (non-hydrogen) atoms. The average Bonchev–Trinajstić information content (AvgIpc) is 3.35. The predicted molar refractivity (Wildman–Crippen MR) is 284 cm³/mol. The summed E-state index contributed by atoms with van der Waals surface area (Å²) < 4.78 is 11.1. The minimum absolute atomic E-state index is 0.235. The van der Waals surface area contributed by atoms with Crippen LogP contribution in [-0.4, -0.2) is 110 Å². The molecule has 1 rings (SSSR count). The van der Waals surface area contributed by atoms with Gasteiger partial charge >= 0.3 is 0 Å². The lowest BCUT2D eigenvalue weighted by molar-refractivity contribution is -0.303. The highest BCUT2D eigenvalue weighted by atomic mass is 16.7. The second-order valence-electron chi connectivity index (χ2n) is 20.3. The first-order valence-corrected chi connectivity index (χ1v) is 28.9. The van der Waals surface area contributed by atoms with Crippen molar-refractivity contribution in [2.24, 2.45) is 0 Å². The lowest BCUT2D eigenvalue weighted by Gasteiger charge is -2.40. The Morgan fingerprint density at radius 3 is 1.33 bits per heavy atom. The number of carbonyl (C=O) groups is 1. The van der Waals surface area contributed by atoms with Crippen molar-refractivity contribution in [1.82, 2.24) is 5.32 Å². The van der Waals surface area contributed by atoms with Crippen LogP contribution in [0, 0.1) is 0 Å². The minimum Gasteiger partial charge on any atom is -0.394 e. The van der Waals surface area contributed by atoms with Crippen LogP contribution in [0.3, 0.4) is 0 Å². The molecule has 0 aliphatic carbocycles. The molecule has 9 unspecified atom stereocenters. The van der Waals surface area contributed by atoms with Crippen molar-refractivity contribution in [2.75, 3.05) is 13.2 Å². The molecule has 0 bridgehead atoms. The van der Waals surface area contributed by atoms with Crippen LogP contribution in [0.25, 0.3) is 0 Å². The Bertz CT molecular complexity index is 1210. The van der Waals surface area contributed by atoms with Crippen LogP contribution < -0.4 is 5.32 Å². The zero-order valence-corrected chi connectivity index (χ0v) is 44.3. The topological polar surface area (TPSA) is 189 Å². The van der Waals surface area contributed by atoms with Crippen LogP contribution in [-0.2, 0) is 14.3 Å². The van der Waals surface area contributed by atoms with Crippen LogP contribution in [0.5, 0.6) is 0 Å². The third kappa shape index (κ3) is 36.0. The average molecular weight is 981 g/mol. The standard InChI is InChI=1S/C58H109NO10/c1-3-5-7-9-11-13-15-16-17-18-19-20-21-22-23-24-25-26-27-28-29-30-31-32-33-34-35-36-38-39-41-43-45-50(61)53(63)49(48-68-58-56(66)55(65)54(64)52(47-60)69-58)59-57(67)51(62)46-44-42-40-37-14-12-10-8-6-4-2/h10,12,33-34,38-39,49-56,58,60-66H,3-9,11,13-32,35-37,40-48H2,1-2H3,(H,59,67)/b12-10-,34-33+,39-38+. The number of ether oxygens (including phenoxy) is 2. The number of hydrogen-bond acceptors (Lipinski definition) is 10. The van der Waals surface area contributed by atoms with E-state index in [2.05, 4.69) is 55.6 Å². The van der Waals surface area contributed by atoms with Gasteiger partial charge in [-0.3, -0.25) is 4.79 Å². The van der Waals surface area contributed by atoms with Crippen molar-refractivity contribution >= 4 is 5.91 Å². The molecule has 0 aromatic rings. The SMILES string of the molecule is CCCC/C=C\CCCCCCC(O)C(=O)NC(COC1OC(CO)C(O)C(O)C1O)C(O)C(O)CCC/C=C/CC/C=C/CCCCCCCCCCCCCCCCCCCCCCCCC. The second-order valence-corrected chi connectivity index (χ2v) is 20.3. The van der Waals surface area contributed by atoms with Gasteiger partial charge in [-0.1, -0.05) is 224 Å². The number of carbonyl (C=O) groups excluding carboxylic acids is 1. The minimum atomic E-state index is -1.67. The molecule has 406 valence electrons. The molecule has 1 saturated heterocycles. The summed E-state index contributed by atoms with van der Waals surface area (Å²) in [4.78, 5) is 13.1. The van der Waals surface area contributed by atoms with E-state index in [0.29, 0.717) is 19.3 Å². The van der Waals surface area contributed by atoms with E-state index in [1.165, 1.54) is 161 Å². The Labute approximate surface area is 422 Å². The van der Waals surface area contributed by atoms with Gasteiger partial charge < -0.3 is 50.5 Å². The number of unbranched alkanes of at least 4 members (excludes halogenated alkanes) is 31. The molecule has 1 fully saturated rings. The molecule has 11 heteroatoms. The fourth-order valence-corrected chi connectivity index (χ4v) is 9.15. The van der Waals surface area contributed by atoms with E-state index in [1.54, 1.807) is 0 Å². The molecule has 11 nitrogen and oxygen atoms in total. The lowest BCUT2D eigenvalue weighted by atomic mass is 9.98. The van der Waals surface area contributed by atoms with E-state index in [0.717, 1.165) is 51.4 Å². The summed E-state index contributed by atoms with van der Waals surface area (Å²) in [7, 11) is 0. The predicted octanol–water partition coefficient (Wildman–Crippen LogP) is 11.9. The molecular formula is C58H109NO10. The Morgan fingerprint density at radius 1 is 0.493 bits per heavy atom. The quantitative estimate of drug-likeness (QED) is 0.0215. The first-order valence-electron chi connectivity index (χ1n) is 28.9. The Morgan fingerprint density at radius 2 is 0.884 bits per heavy atom. The Hall–Kier alpha value is -1.67. The molecule has 1 heterocycles. The van der Waals surface area contributed by atoms with Crippen LogP contribution in [0.2, 0.25) is 0 Å². The van der Waals surface area contributed by atoms with Gasteiger partial charge in [0.05, 0.1) is 25.4 Å². The van der Waals surface area contributed by atoms with Crippen molar-refractivity contribution in [3.05, 3.63) is 36.5 Å². The van der Waals surface area contributed by atoms with Gasteiger partial charge in [0.25, 0.3) is 0 Å². The molecule has 9 atom stereocenters. The maximum absolute atomic E-state index is 13.1. The molecule has 0 saturated carbocycles. The van der Waals surface area contributed by atoms with E-state index in [1.807, 2.05) is 0 Å². The largest absolute Gasteiger partial charge is 0.394 e. The van der Waals surface area contributed by atoms with Gasteiger partial charge in [-0.05, 0) is 70.6 Å². The van der Waals surface area contributed by atoms with Gasteiger partial charge in [0, 0.05) is 0 Å². The van der Waals surface area contributed by atoms with Crippen molar-refractivity contribution in [1.29, 1.82) is 0 Å². The molecule has 1 aliphatic heterocycles. The number of hydrogen-bond donors (Lipinski definition) is 8. The van der Waals surface area contributed by atoms with Crippen molar-refractivity contribution in [3.8, 4) is 0 Å². The Kier molecular flexibility index (Phi) is 44.8. The molecule has 1 amide bonds.